The molecule has 0 bridgehead atoms. The van der Waals surface area contributed by atoms with E-state index in [4.69, 9.17) is 10.8 Å². The van der Waals surface area contributed by atoms with Crippen molar-refractivity contribution in [3.8, 4) is 0 Å². The summed E-state index contributed by atoms with van der Waals surface area (Å²) >= 11 is 1.50. The van der Waals surface area contributed by atoms with E-state index in [2.05, 4.69) is 10.2 Å². The quantitative estimate of drug-likeness (QED) is 0.735. The van der Waals surface area contributed by atoms with Crippen molar-refractivity contribution in [2.75, 3.05) is 0 Å². The second kappa shape index (κ2) is 3.69. The minimum absolute atomic E-state index is 0.00183. The number of aromatic nitrogens is 2. The van der Waals surface area contributed by atoms with E-state index in [1.807, 2.05) is 0 Å². The second-order valence-corrected chi connectivity index (χ2v) is 4.70. The van der Waals surface area contributed by atoms with E-state index < -0.39 is 0 Å². The average molecular weight is 199 g/mol. The van der Waals surface area contributed by atoms with Crippen LogP contribution in [-0.2, 0) is 13.0 Å². The fourth-order valence-electron chi connectivity index (χ4n) is 1.64. The smallest absolute Gasteiger partial charge is 0.143 e. The molecule has 0 saturated heterocycles. The van der Waals surface area contributed by atoms with Gasteiger partial charge in [-0.15, -0.1) is 10.2 Å². The van der Waals surface area contributed by atoms with Crippen molar-refractivity contribution in [2.45, 2.75) is 31.9 Å². The standard InChI is InChI=1S/C8H13N3OS/c9-6-1-5(2-6)3-7-10-11-8(4-12)13-7/h5-6,12H,1-4,9H2/t5-,6-. The number of aliphatic hydroxyl groups excluding tert-OH is 1. The van der Waals surface area contributed by atoms with Gasteiger partial charge in [-0.05, 0) is 18.8 Å². The van der Waals surface area contributed by atoms with Crippen LogP contribution in [0.2, 0.25) is 0 Å². The number of hydrogen-bond acceptors (Lipinski definition) is 5. The normalized spacial score (nSPS) is 27.2. The summed E-state index contributed by atoms with van der Waals surface area (Å²) in [4.78, 5) is 0. The van der Waals surface area contributed by atoms with Gasteiger partial charge in [0, 0.05) is 12.5 Å². The van der Waals surface area contributed by atoms with Crippen molar-refractivity contribution in [2.24, 2.45) is 11.7 Å². The summed E-state index contributed by atoms with van der Waals surface area (Å²) in [5.74, 6) is 0.689. The van der Waals surface area contributed by atoms with Gasteiger partial charge >= 0.3 is 0 Å². The summed E-state index contributed by atoms with van der Waals surface area (Å²) in [6.07, 6.45) is 3.19. The van der Waals surface area contributed by atoms with Crippen LogP contribution in [0.3, 0.4) is 0 Å². The number of nitrogens with two attached hydrogens (primary N) is 1. The van der Waals surface area contributed by atoms with E-state index in [9.17, 15) is 0 Å². The van der Waals surface area contributed by atoms with Gasteiger partial charge in [0.05, 0.1) is 6.61 Å². The van der Waals surface area contributed by atoms with Gasteiger partial charge < -0.3 is 10.8 Å². The Morgan fingerprint density at radius 3 is 2.62 bits per heavy atom. The first-order valence-corrected chi connectivity index (χ1v) is 5.27. The molecule has 2 rings (SSSR count). The lowest BCUT2D eigenvalue weighted by molar-refractivity contribution is 0.264. The lowest BCUT2D eigenvalue weighted by Crippen LogP contribution is -2.37. The molecule has 1 aliphatic rings. The summed E-state index contributed by atoms with van der Waals surface area (Å²) in [5, 5.41) is 18.4. The lowest BCUT2D eigenvalue weighted by atomic mass is 9.79. The summed E-state index contributed by atoms with van der Waals surface area (Å²) < 4.78 is 0. The molecule has 0 unspecified atom stereocenters. The third-order valence-corrected chi connectivity index (χ3v) is 3.31. The molecule has 0 radical (unpaired) electrons. The molecule has 1 heterocycles. The molecular weight excluding hydrogens is 186 g/mol. The van der Waals surface area contributed by atoms with Crippen molar-refractivity contribution in [3.05, 3.63) is 10.0 Å². The Labute approximate surface area is 80.8 Å². The van der Waals surface area contributed by atoms with Crippen molar-refractivity contribution in [3.63, 3.8) is 0 Å². The predicted molar refractivity (Wildman–Crippen MR) is 50.2 cm³/mol. The minimum atomic E-state index is 0.00183. The molecular formula is C8H13N3OS. The zero-order valence-corrected chi connectivity index (χ0v) is 8.13. The van der Waals surface area contributed by atoms with E-state index in [0.29, 0.717) is 17.0 Å². The zero-order chi connectivity index (χ0) is 9.26. The summed E-state index contributed by atoms with van der Waals surface area (Å²) in [7, 11) is 0. The van der Waals surface area contributed by atoms with Gasteiger partial charge in [0.1, 0.15) is 10.0 Å². The van der Waals surface area contributed by atoms with Gasteiger partial charge in [-0.1, -0.05) is 11.3 Å². The molecule has 3 N–H and O–H groups in total. The van der Waals surface area contributed by atoms with Crippen LogP contribution in [0.5, 0.6) is 0 Å². The maximum absolute atomic E-state index is 8.79. The SMILES string of the molecule is N[C@H]1C[C@H](Cc2nnc(CO)s2)C1. The topological polar surface area (TPSA) is 72.0 Å². The Morgan fingerprint density at radius 2 is 2.08 bits per heavy atom. The van der Waals surface area contributed by atoms with Gasteiger partial charge in [0.25, 0.3) is 0 Å². The minimum Gasteiger partial charge on any atom is -0.389 e. The Hall–Kier alpha value is -0.520. The average Bonchev–Trinajstić information content (AvgIpc) is 2.50. The largest absolute Gasteiger partial charge is 0.389 e. The van der Waals surface area contributed by atoms with E-state index >= 15 is 0 Å². The van der Waals surface area contributed by atoms with Crippen molar-refractivity contribution < 1.29 is 5.11 Å². The molecule has 13 heavy (non-hydrogen) atoms. The second-order valence-electron chi connectivity index (χ2n) is 3.55. The zero-order valence-electron chi connectivity index (χ0n) is 7.31. The molecule has 1 aromatic heterocycles. The first kappa shape index (κ1) is 9.05. The fraction of sp³-hybridized carbons (Fsp3) is 0.750. The van der Waals surface area contributed by atoms with Crippen LogP contribution in [0.25, 0.3) is 0 Å². The predicted octanol–water partition coefficient (Wildman–Crippen LogP) is 0.310. The van der Waals surface area contributed by atoms with Crippen LogP contribution >= 0.6 is 11.3 Å². The summed E-state index contributed by atoms with van der Waals surface area (Å²) in [6, 6.07) is 0.398. The molecule has 5 heteroatoms. The molecule has 0 aliphatic heterocycles. The van der Waals surface area contributed by atoms with E-state index in [1.165, 1.54) is 11.3 Å². The Balaban J connectivity index is 1.87. The molecule has 1 saturated carbocycles. The molecule has 0 amide bonds. The van der Waals surface area contributed by atoms with Gasteiger partial charge in [-0.2, -0.15) is 0 Å². The lowest BCUT2D eigenvalue weighted by Gasteiger charge is -2.31. The highest BCUT2D eigenvalue weighted by Gasteiger charge is 2.26. The van der Waals surface area contributed by atoms with Gasteiger partial charge in [-0.3, -0.25) is 0 Å². The van der Waals surface area contributed by atoms with Crippen LogP contribution in [0.4, 0.5) is 0 Å². The van der Waals surface area contributed by atoms with Gasteiger partial charge in [0.15, 0.2) is 0 Å². The maximum Gasteiger partial charge on any atom is 0.143 e. The first-order chi connectivity index (χ1) is 6.28. The highest BCUT2D eigenvalue weighted by Crippen LogP contribution is 2.29. The van der Waals surface area contributed by atoms with Crippen LogP contribution < -0.4 is 5.73 Å². The molecule has 1 fully saturated rings. The fourth-order valence-corrected chi connectivity index (χ4v) is 2.45. The molecule has 72 valence electrons. The Morgan fingerprint density at radius 1 is 1.38 bits per heavy atom. The molecule has 4 nitrogen and oxygen atoms in total. The van der Waals surface area contributed by atoms with Crippen molar-refractivity contribution in [1.29, 1.82) is 0 Å². The number of aliphatic hydroxyl groups is 1. The maximum atomic E-state index is 8.79. The highest BCUT2D eigenvalue weighted by atomic mass is 32.1. The summed E-state index contributed by atoms with van der Waals surface area (Å²) in [6.45, 7) is 0.00183. The van der Waals surface area contributed by atoms with Gasteiger partial charge in [-0.25, -0.2) is 0 Å². The Bertz CT molecular complexity index is 283. The molecule has 0 atom stereocenters. The van der Waals surface area contributed by atoms with Crippen LogP contribution in [-0.4, -0.2) is 21.3 Å². The van der Waals surface area contributed by atoms with Crippen LogP contribution in [0.1, 0.15) is 22.9 Å². The van der Waals surface area contributed by atoms with E-state index in [-0.39, 0.29) is 6.61 Å². The molecule has 1 aliphatic carbocycles. The molecule has 0 aromatic carbocycles. The van der Waals surface area contributed by atoms with Gasteiger partial charge in [0.2, 0.25) is 0 Å². The van der Waals surface area contributed by atoms with E-state index in [1.54, 1.807) is 0 Å². The number of nitrogens with zero attached hydrogens (tertiary/aromatic N) is 2. The molecule has 0 spiro atoms. The number of hydrogen-bond donors (Lipinski definition) is 2. The summed E-state index contributed by atoms with van der Waals surface area (Å²) in [5.41, 5.74) is 5.68. The number of rotatable bonds is 3. The van der Waals surface area contributed by atoms with Crippen LogP contribution in [0, 0.1) is 5.92 Å². The van der Waals surface area contributed by atoms with Crippen LogP contribution in [0.15, 0.2) is 0 Å². The first-order valence-electron chi connectivity index (χ1n) is 4.45. The highest BCUT2D eigenvalue weighted by molar-refractivity contribution is 7.11. The third-order valence-electron chi connectivity index (χ3n) is 2.38. The van der Waals surface area contributed by atoms with Crippen molar-refractivity contribution >= 4 is 11.3 Å². The third kappa shape index (κ3) is 2.04. The van der Waals surface area contributed by atoms with E-state index in [0.717, 1.165) is 24.3 Å². The molecule has 1 aromatic rings. The van der Waals surface area contributed by atoms with Crippen molar-refractivity contribution in [1.82, 2.24) is 10.2 Å². The Kier molecular flexibility index (Phi) is 2.57. The monoisotopic (exact) mass is 199 g/mol.